The van der Waals surface area contributed by atoms with Crippen molar-refractivity contribution < 1.29 is 19.4 Å². The predicted molar refractivity (Wildman–Crippen MR) is 99.8 cm³/mol. The van der Waals surface area contributed by atoms with E-state index in [1.165, 1.54) is 14.0 Å². The quantitative estimate of drug-likeness (QED) is 0.418. The SMILES string of the molecule is CCN(CC)CCCNC[C@@H](O)COc1ccc(C(C)=O)cc1OC. The molecule has 1 aromatic carbocycles. The number of hydrogen-bond donors (Lipinski definition) is 2. The summed E-state index contributed by atoms with van der Waals surface area (Å²) in [5, 5.41) is 13.3. The topological polar surface area (TPSA) is 71.0 Å². The molecule has 142 valence electrons. The number of nitrogens with one attached hydrogen (secondary N) is 1. The number of hydrogen-bond acceptors (Lipinski definition) is 6. The highest BCUT2D eigenvalue weighted by atomic mass is 16.5. The molecular formula is C19H32N2O4. The number of benzene rings is 1. The Morgan fingerprint density at radius 3 is 2.60 bits per heavy atom. The standard InChI is InChI=1S/C19H32N2O4/c1-5-21(6-2)11-7-10-20-13-17(23)14-25-18-9-8-16(15(3)22)12-19(18)24-4/h8-9,12,17,20,23H,5-7,10-11,13-14H2,1-4H3/t17-/m1/s1. The summed E-state index contributed by atoms with van der Waals surface area (Å²) in [4.78, 5) is 13.8. The Balaban J connectivity index is 2.32. The van der Waals surface area contributed by atoms with Crippen molar-refractivity contribution in [1.82, 2.24) is 10.2 Å². The van der Waals surface area contributed by atoms with Crippen molar-refractivity contribution in [2.24, 2.45) is 0 Å². The van der Waals surface area contributed by atoms with Crippen LogP contribution in [0.15, 0.2) is 18.2 Å². The summed E-state index contributed by atoms with van der Waals surface area (Å²) in [5.41, 5.74) is 0.569. The van der Waals surface area contributed by atoms with Gasteiger partial charge in [0.15, 0.2) is 17.3 Å². The maximum absolute atomic E-state index is 11.4. The Morgan fingerprint density at radius 2 is 2.00 bits per heavy atom. The lowest BCUT2D eigenvalue weighted by atomic mass is 10.1. The van der Waals surface area contributed by atoms with Crippen LogP contribution in [0, 0.1) is 0 Å². The van der Waals surface area contributed by atoms with Gasteiger partial charge < -0.3 is 24.8 Å². The van der Waals surface area contributed by atoms with Crippen LogP contribution in [0.3, 0.4) is 0 Å². The summed E-state index contributed by atoms with van der Waals surface area (Å²) in [7, 11) is 1.53. The minimum absolute atomic E-state index is 0.0289. The number of carbonyl (C=O) groups excluding carboxylic acids is 1. The Labute approximate surface area is 151 Å². The molecule has 1 aromatic rings. The van der Waals surface area contributed by atoms with Gasteiger partial charge in [-0.3, -0.25) is 4.79 Å². The second-order valence-electron chi connectivity index (χ2n) is 5.97. The molecule has 2 N–H and O–H groups in total. The van der Waals surface area contributed by atoms with E-state index in [2.05, 4.69) is 24.1 Å². The van der Waals surface area contributed by atoms with Crippen LogP contribution in [0.1, 0.15) is 37.6 Å². The van der Waals surface area contributed by atoms with Gasteiger partial charge in [-0.15, -0.1) is 0 Å². The summed E-state index contributed by atoms with van der Waals surface area (Å²) in [6, 6.07) is 5.04. The van der Waals surface area contributed by atoms with E-state index >= 15 is 0 Å². The first-order chi connectivity index (χ1) is 12.0. The van der Waals surface area contributed by atoms with Gasteiger partial charge in [0.1, 0.15) is 12.7 Å². The van der Waals surface area contributed by atoms with E-state index in [1.807, 2.05) is 0 Å². The lowest BCUT2D eigenvalue weighted by Gasteiger charge is -2.18. The maximum atomic E-state index is 11.4. The Hall–Kier alpha value is -1.63. The van der Waals surface area contributed by atoms with Crippen LogP contribution in [0.25, 0.3) is 0 Å². The molecule has 0 bridgehead atoms. The van der Waals surface area contributed by atoms with Gasteiger partial charge in [0.05, 0.1) is 7.11 Å². The largest absolute Gasteiger partial charge is 0.493 e. The molecule has 6 nitrogen and oxygen atoms in total. The minimum Gasteiger partial charge on any atom is -0.493 e. The van der Waals surface area contributed by atoms with Crippen molar-refractivity contribution in [1.29, 1.82) is 0 Å². The Kier molecular flexibility index (Phi) is 10.1. The number of aliphatic hydroxyl groups excluding tert-OH is 1. The molecule has 25 heavy (non-hydrogen) atoms. The minimum atomic E-state index is -0.606. The second kappa shape index (κ2) is 11.8. The van der Waals surface area contributed by atoms with Crippen LogP contribution in [0.2, 0.25) is 0 Å². The first kappa shape index (κ1) is 21.4. The van der Waals surface area contributed by atoms with Gasteiger partial charge in [0, 0.05) is 12.1 Å². The average molecular weight is 352 g/mol. The van der Waals surface area contributed by atoms with Crippen molar-refractivity contribution in [3.8, 4) is 11.5 Å². The molecule has 0 fully saturated rings. The van der Waals surface area contributed by atoms with E-state index in [9.17, 15) is 9.90 Å². The van der Waals surface area contributed by atoms with E-state index in [0.29, 0.717) is 23.6 Å². The Bertz CT molecular complexity index is 518. The average Bonchev–Trinajstić information content (AvgIpc) is 2.62. The third-order valence-corrected chi connectivity index (χ3v) is 4.10. The van der Waals surface area contributed by atoms with Crippen molar-refractivity contribution >= 4 is 5.78 Å². The fourth-order valence-corrected chi connectivity index (χ4v) is 2.49. The summed E-state index contributed by atoms with van der Waals surface area (Å²) in [6.07, 6.45) is 0.445. The molecule has 0 aliphatic heterocycles. The van der Waals surface area contributed by atoms with Crippen molar-refractivity contribution in [3.05, 3.63) is 23.8 Å². The fourth-order valence-electron chi connectivity index (χ4n) is 2.49. The fraction of sp³-hybridized carbons (Fsp3) is 0.632. The molecule has 0 aromatic heterocycles. The first-order valence-electron chi connectivity index (χ1n) is 8.94. The molecule has 0 unspecified atom stereocenters. The van der Waals surface area contributed by atoms with Crippen LogP contribution < -0.4 is 14.8 Å². The molecule has 0 spiro atoms. The molecule has 6 heteroatoms. The molecule has 0 saturated heterocycles. The van der Waals surface area contributed by atoms with E-state index in [4.69, 9.17) is 9.47 Å². The first-order valence-corrected chi connectivity index (χ1v) is 8.94. The number of Topliss-reactive ketones (excluding diaryl/α,β-unsaturated/α-hetero) is 1. The van der Waals surface area contributed by atoms with Crippen LogP contribution in [-0.4, -0.2) is 68.3 Å². The predicted octanol–water partition coefficient (Wildman–Crippen LogP) is 1.96. The van der Waals surface area contributed by atoms with E-state index in [-0.39, 0.29) is 12.4 Å². The van der Waals surface area contributed by atoms with Gasteiger partial charge in [-0.25, -0.2) is 0 Å². The molecule has 1 rings (SSSR count). The summed E-state index contributed by atoms with van der Waals surface area (Å²) < 4.78 is 10.9. The third kappa shape index (κ3) is 7.86. The summed E-state index contributed by atoms with van der Waals surface area (Å²) in [5.74, 6) is 0.985. The molecular weight excluding hydrogens is 320 g/mol. The van der Waals surface area contributed by atoms with Crippen LogP contribution >= 0.6 is 0 Å². The van der Waals surface area contributed by atoms with Gasteiger partial charge in [0.2, 0.25) is 0 Å². The highest BCUT2D eigenvalue weighted by Gasteiger charge is 2.11. The van der Waals surface area contributed by atoms with Crippen molar-refractivity contribution in [3.63, 3.8) is 0 Å². The summed E-state index contributed by atoms with van der Waals surface area (Å²) >= 11 is 0. The highest BCUT2D eigenvalue weighted by molar-refractivity contribution is 5.94. The smallest absolute Gasteiger partial charge is 0.161 e. The van der Waals surface area contributed by atoms with Gasteiger partial charge >= 0.3 is 0 Å². The molecule has 1 atom stereocenters. The number of aliphatic hydroxyl groups is 1. The van der Waals surface area contributed by atoms with E-state index in [1.54, 1.807) is 18.2 Å². The van der Waals surface area contributed by atoms with Gasteiger partial charge in [-0.2, -0.15) is 0 Å². The van der Waals surface area contributed by atoms with Crippen LogP contribution in [-0.2, 0) is 0 Å². The molecule has 0 aliphatic carbocycles. The number of carbonyl (C=O) groups is 1. The zero-order chi connectivity index (χ0) is 18.7. The van der Waals surface area contributed by atoms with Gasteiger partial charge in [0.25, 0.3) is 0 Å². The Morgan fingerprint density at radius 1 is 1.28 bits per heavy atom. The number of rotatable bonds is 13. The summed E-state index contributed by atoms with van der Waals surface area (Å²) in [6.45, 7) is 10.5. The van der Waals surface area contributed by atoms with Crippen LogP contribution in [0.5, 0.6) is 11.5 Å². The molecule has 0 amide bonds. The van der Waals surface area contributed by atoms with E-state index in [0.717, 1.165) is 32.6 Å². The third-order valence-electron chi connectivity index (χ3n) is 4.10. The number of methoxy groups -OCH3 is 1. The van der Waals surface area contributed by atoms with Gasteiger partial charge in [-0.05, 0) is 57.7 Å². The van der Waals surface area contributed by atoms with Gasteiger partial charge in [-0.1, -0.05) is 13.8 Å². The lowest BCUT2D eigenvalue weighted by molar-refractivity contribution is 0.101. The lowest BCUT2D eigenvalue weighted by Crippen LogP contribution is -2.33. The maximum Gasteiger partial charge on any atom is 0.161 e. The zero-order valence-electron chi connectivity index (χ0n) is 15.9. The van der Waals surface area contributed by atoms with Crippen LogP contribution in [0.4, 0.5) is 0 Å². The van der Waals surface area contributed by atoms with Crippen molar-refractivity contribution in [2.45, 2.75) is 33.3 Å². The van der Waals surface area contributed by atoms with Crippen molar-refractivity contribution in [2.75, 3.05) is 46.4 Å². The number of nitrogens with zero attached hydrogens (tertiary/aromatic N) is 1. The second-order valence-corrected chi connectivity index (χ2v) is 5.97. The molecule has 0 heterocycles. The number of ketones is 1. The highest BCUT2D eigenvalue weighted by Crippen LogP contribution is 2.28. The molecule has 0 saturated carbocycles. The number of ether oxygens (including phenoxy) is 2. The normalized spacial score (nSPS) is 12.2. The molecule has 0 aliphatic rings. The molecule has 0 radical (unpaired) electrons. The zero-order valence-corrected chi connectivity index (χ0v) is 15.9. The monoisotopic (exact) mass is 352 g/mol. The van der Waals surface area contributed by atoms with E-state index < -0.39 is 6.10 Å².